The van der Waals surface area contributed by atoms with E-state index >= 15 is 0 Å². The van der Waals surface area contributed by atoms with Gasteiger partial charge in [0.1, 0.15) is 5.75 Å². The number of thiazole rings is 1. The van der Waals surface area contributed by atoms with Gasteiger partial charge in [0.2, 0.25) is 5.88 Å². The maximum Gasteiger partial charge on any atom is 0.326 e. The fourth-order valence-corrected chi connectivity index (χ4v) is 3.55. The summed E-state index contributed by atoms with van der Waals surface area (Å²) in [6.07, 6.45) is 0.913. The molecule has 0 atom stereocenters. The summed E-state index contributed by atoms with van der Waals surface area (Å²) in [6.45, 7) is 6.23. The summed E-state index contributed by atoms with van der Waals surface area (Å²) in [5, 5.41) is 10.0. The lowest BCUT2D eigenvalue weighted by atomic mass is 9.87. The quantitative estimate of drug-likeness (QED) is 0.375. The minimum absolute atomic E-state index is 0.112. The molecule has 7 nitrogen and oxygen atoms in total. The molecule has 8 heteroatoms. The van der Waals surface area contributed by atoms with Crippen molar-refractivity contribution in [1.82, 2.24) is 10.1 Å². The zero-order chi connectivity index (χ0) is 21.1. The molecule has 2 amide bonds. The number of anilines is 2. The van der Waals surface area contributed by atoms with Crippen LogP contribution in [0.25, 0.3) is 10.2 Å². The van der Waals surface area contributed by atoms with Gasteiger partial charge in [0.05, 0.1) is 15.9 Å². The molecule has 0 fully saturated rings. The number of fused-ring (bicyclic) bond motifs is 1. The van der Waals surface area contributed by atoms with Crippen LogP contribution in [-0.2, 0) is 5.41 Å². The van der Waals surface area contributed by atoms with Crippen LogP contribution in [0.2, 0.25) is 0 Å². The third-order valence-electron chi connectivity index (χ3n) is 4.92. The van der Waals surface area contributed by atoms with Crippen LogP contribution in [0.3, 0.4) is 0 Å². The monoisotopic (exact) mass is 422 g/mol. The van der Waals surface area contributed by atoms with E-state index in [0.29, 0.717) is 22.5 Å². The smallest absolute Gasteiger partial charge is 0.326 e. The van der Waals surface area contributed by atoms with Crippen LogP contribution in [0.15, 0.2) is 59.1 Å². The van der Waals surface area contributed by atoms with Crippen LogP contribution < -0.4 is 15.4 Å². The number of rotatable bonds is 6. The van der Waals surface area contributed by atoms with Crippen molar-refractivity contribution in [3.8, 4) is 10.9 Å². The number of carbonyl (C=O) groups excluding carboxylic acids is 1. The number of benzene rings is 2. The zero-order valence-corrected chi connectivity index (χ0v) is 17.7. The van der Waals surface area contributed by atoms with E-state index < -0.39 is 6.03 Å². The Bertz CT molecular complexity index is 1130. The molecule has 2 heterocycles. The Labute approximate surface area is 178 Å². The van der Waals surface area contributed by atoms with Crippen molar-refractivity contribution in [3.05, 3.63) is 60.3 Å². The molecule has 0 bridgehead atoms. The largest absolute Gasteiger partial charge is 0.431 e. The van der Waals surface area contributed by atoms with Crippen molar-refractivity contribution < 1.29 is 14.1 Å². The van der Waals surface area contributed by atoms with Gasteiger partial charge >= 0.3 is 6.03 Å². The number of amides is 2. The third-order valence-corrected chi connectivity index (χ3v) is 5.83. The molecule has 30 heavy (non-hydrogen) atoms. The number of carbonyl (C=O) groups is 1. The van der Waals surface area contributed by atoms with Crippen LogP contribution in [0.5, 0.6) is 10.9 Å². The Balaban J connectivity index is 1.35. The van der Waals surface area contributed by atoms with Gasteiger partial charge in [0, 0.05) is 17.2 Å². The van der Waals surface area contributed by atoms with Crippen molar-refractivity contribution >= 4 is 39.2 Å². The number of hydrogen-bond acceptors (Lipinski definition) is 6. The fraction of sp³-hybridized carbons (Fsp3) is 0.227. The number of nitrogens with zero attached hydrogens (tertiary/aromatic N) is 2. The number of aromatic nitrogens is 2. The highest BCUT2D eigenvalue weighted by Gasteiger charge is 2.23. The number of ether oxygens (including phenoxy) is 1. The molecule has 0 spiro atoms. The highest BCUT2D eigenvalue weighted by Crippen LogP contribution is 2.31. The van der Waals surface area contributed by atoms with E-state index in [0.717, 1.165) is 22.3 Å². The first-order chi connectivity index (χ1) is 14.4. The number of hydrogen-bond donors (Lipinski definition) is 2. The maximum absolute atomic E-state index is 12.2. The van der Waals surface area contributed by atoms with Gasteiger partial charge in [-0.15, -0.1) is 0 Å². The van der Waals surface area contributed by atoms with Crippen molar-refractivity contribution in [2.24, 2.45) is 0 Å². The summed E-state index contributed by atoms with van der Waals surface area (Å²) in [7, 11) is 0. The lowest BCUT2D eigenvalue weighted by Crippen LogP contribution is -2.19. The summed E-state index contributed by atoms with van der Waals surface area (Å²) in [6, 6.07) is 16.3. The van der Waals surface area contributed by atoms with Crippen LogP contribution in [0.1, 0.15) is 32.9 Å². The normalized spacial score (nSPS) is 11.4. The van der Waals surface area contributed by atoms with E-state index in [4.69, 9.17) is 9.26 Å². The van der Waals surface area contributed by atoms with Gasteiger partial charge in [0.25, 0.3) is 5.19 Å². The van der Waals surface area contributed by atoms with Crippen LogP contribution >= 0.6 is 11.3 Å². The molecule has 0 aliphatic heterocycles. The van der Waals surface area contributed by atoms with Gasteiger partial charge < -0.3 is 14.6 Å². The van der Waals surface area contributed by atoms with Gasteiger partial charge in [-0.3, -0.25) is 5.32 Å². The van der Waals surface area contributed by atoms with Gasteiger partial charge in [-0.25, -0.2) is 9.78 Å². The molecule has 0 unspecified atom stereocenters. The Morgan fingerprint density at radius 2 is 1.90 bits per heavy atom. The fourth-order valence-electron chi connectivity index (χ4n) is 2.71. The van der Waals surface area contributed by atoms with Crippen molar-refractivity contribution in [3.63, 3.8) is 0 Å². The van der Waals surface area contributed by atoms with Gasteiger partial charge in [-0.2, -0.15) is 0 Å². The maximum atomic E-state index is 12.2. The second-order valence-corrected chi connectivity index (χ2v) is 8.46. The average Bonchev–Trinajstić information content (AvgIpc) is 3.36. The van der Waals surface area contributed by atoms with E-state index in [1.807, 2.05) is 24.3 Å². The SMILES string of the molecule is CCC(C)(C)c1cc(NC(=O)Nc2ccc(Oc3nc4ccccc4s3)cc2)on1. The molecule has 0 radical (unpaired) electrons. The highest BCUT2D eigenvalue weighted by molar-refractivity contribution is 7.20. The molecule has 2 aromatic carbocycles. The van der Waals surface area contributed by atoms with Crippen molar-refractivity contribution in [2.75, 3.05) is 10.6 Å². The third kappa shape index (κ3) is 4.44. The Morgan fingerprint density at radius 3 is 2.63 bits per heavy atom. The van der Waals surface area contributed by atoms with Crippen molar-refractivity contribution in [1.29, 1.82) is 0 Å². The molecule has 0 aliphatic carbocycles. The first-order valence-corrected chi connectivity index (χ1v) is 10.4. The predicted molar refractivity (Wildman–Crippen MR) is 119 cm³/mol. The number of urea groups is 1. The van der Waals surface area contributed by atoms with Crippen LogP contribution in [-0.4, -0.2) is 16.2 Å². The second-order valence-electron chi connectivity index (χ2n) is 7.47. The standard InChI is InChI=1S/C22H22N4O3S/c1-4-22(2,3)18-13-19(29-26-18)25-20(27)23-14-9-11-15(12-10-14)28-21-24-16-7-5-6-8-17(16)30-21/h5-13H,4H2,1-3H3,(H2,23,25,27). The molecule has 0 aliphatic rings. The minimum atomic E-state index is -0.410. The summed E-state index contributed by atoms with van der Waals surface area (Å²) >= 11 is 1.48. The lowest BCUT2D eigenvalue weighted by Gasteiger charge is -2.18. The van der Waals surface area contributed by atoms with Crippen molar-refractivity contribution in [2.45, 2.75) is 32.6 Å². The number of para-hydroxylation sites is 1. The minimum Gasteiger partial charge on any atom is -0.431 e. The Morgan fingerprint density at radius 1 is 1.13 bits per heavy atom. The average molecular weight is 423 g/mol. The van der Waals surface area contributed by atoms with Gasteiger partial charge in [-0.05, 0) is 42.8 Å². The molecule has 2 N–H and O–H groups in total. The predicted octanol–water partition coefficient (Wildman–Crippen LogP) is 6.41. The van der Waals surface area contributed by atoms with E-state index in [1.54, 1.807) is 30.3 Å². The summed E-state index contributed by atoms with van der Waals surface area (Å²) < 4.78 is 12.1. The molecule has 4 rings (SSSR count). The van der Waals surface area contributed by atoms with Gasteiger partial charge in [-0.1, -0.05) is 49.4 Å². The first-order valence-electron chi connectivity index (χ1n) is 9.61. The molecular formula is C22H22N4O3S. The van der Waals surface area contributed by atoms with Crippen LogP contribution in [0, 0.1) is 0 Å². The molecule has 154 valence electrons. The molecule has 2 aromatic heterocycles. The Kier molecular flexibility index (Phi) is 5.41. The summed E-state index contributed by atoms with van der Waals surface area (Å²) in [5.41, 5.74) is 2.22. The van der Waals surface area contributed by atoms with Crippen LogP contribution in [0.4, 0.5) is 16.4 Å². The van der Waals surface area contributed by atoms with E-state index in [2.05, 4.69) is 41.5 Å². The molecular weight excluding hydrogens is 400 g/mol. The number of nitrogens with one attached hydrogen (secondary N) is 2. The van der Waals surface area contributed by atoms with E-state index in [-0.39, 0.29) is 5.41 Å². The molecule has 4 aromatic rings. The zero-order valence-electron chi connectivity index (χ0n) is 16.9. The topological polar surface area (TPSA) is 89.3 Å². The molecule has 0 saturated carbocycles. The highest BCUT2D eigenvalue weighted by atomic mass is 32.1. The van der Waals surface area contributed by atoms with E-state index in [1.165, 1.54) is 11.3 Å². The van der Waals surface area contributed by atoms with Gasteiger partial charge in [0.15, 0.2) is 0 Å². The molecule has 0 saturated heterocycles. The van der Waals surface area contributed by atoms with E-state index in [9.17, 15) is 4.79 Å². The second kappa shape index (κ2) is 8.16. The Hall–Kier alpha value is -3.39. The lowest BCUT2D eigenvalue weighted by molar-refractivity contribution is 0.261. The first kappa shape index (κ1) is 19.9. The summed E-state index contributed by atoms with van der Waals surface area (Å²) in [4.78, 5) is 16.7. The summed E-state index contributed by atoms with van der Waals surface area (Å²) in [5.74, 6) is 0.946.